The molecular weight excluding hydrogens is 190 g/mol. The summed E-state index contributed by atoms with van der Waals surface area (Å²) in [6, 6.07) is 0. The number of hydrogen-bond donors (Lipinski definition) is 0. The van der Waals surface area contributed by atoms with E-state index in [9.17, 15) is 0 Å². The van der Waals surface area contributed by atoms with Gasteiger partial charge in [0.1, 0.15) is 0 Å². The molecule has 13 heavy (non-hydrogen) atoms. The lowest BCUT2D eigenvalue weighted by atomic mass is 10.7. The Kier molecular flexibility index (Phi) is 1.97. The third-order valence-electron chi connectivity index (χ3n) is 1.39. The molecule has 0 radical (unpaired) electrons. The van der Waals surface area contributed by atoms with E-state index < -0.39 is 0 Å². The first-order valence-electron chi connectivity index (χ1n) is 3.60. The number of aryl methyl sites for hydroxylation is 1. The summed E-state index contributed by atoms with van der Waals surface area (Å²) in [5, 5.41) is 8.95. The first-order valence-corrected chi connectivity index (χ1v) is 4.41. The van der Waals surface area contributed by atoms with Crippen LogP contribution >= 0.6 is 11.3 Å². The zero-order valence-corrected chi connectivity index (χ0v) is 7.96. The molecule has 2 aromatic heterocycles. The topological polar surface area (TPSA) is 61.0 Å². The molecule has 0 fully saturated rings. The van der Waals surface area contributed by atoms with Crippen molar-refractivity contribution < 1.29 is 9.15 Å². The molecule has 0 unspecified atom stereocenters. The van der Waals surface area contributed by atoms with Gasteiger partial charge in [-0.2, -0.15) is 0 Å². The highest BCUT2D eigenvalue weighted by Gasteiger charge is 2.10. The van der Waals surface area contributed by atoms with Gasteiger partial charge in [-0.25, -0.2) is 4.98 Å². The summed E-state index contributed by atoms with van der Waals surface area (Å²) in [6.45, 7) is 1.74. The lowest BCUT2D eigenvalue weighted by Gasteiger charge is -1.86. The highest BCUT2D eigenvalue weighted by Crippen LogP contribution is 2.28. The summed E-state index contributed by atoms with van der Waals surface area (Å²) < 4.78 is 10.2. The minimum Gasteiger partial charge on any atom is -0.486 e. The zero-order chi connectivity index (χ0) is 9.26. The molecule has 0 aromatic carbocycles. The van der Waals surface area contributed by atoms with Crippen LogP contribution in [0.3, 0.4) is 0 Å². The van der Waals surface area contributed by atoms with E-state index in [0.29, 0.717) is 16.8 Å². The smallest absolute Gasteiger partial charge is 0.276 e. The van der Waals surface area contributed by atoms with Gasteiger partial charge in [0.15, 0.2) is 10.1 Å². The van der Waals surface area contributed by atoms with Gasteiger partial charge in [0.25, 0.3) is 5.89 Å². The molecule has 2 aromatic rings. The van der Waals surface area contributed by atoms with Crippen LogP contribution in [0, 0.1) is 6.92 Å². The quantitative estimate of drug-likeness (QED) is 0.730. The minimum atomic E-state index is 0.436. The van der Waals surface area contributed by atoms with E-state index in [4.69, 9.17) is 9.15 Å². The molecule has 0 aliphatic rings. The van der Waals surface area contributed by atoms with Crippen LogP contribution in [0.25, 0.3) is 10.9 Å². The van der Waals surface area contributed by atoms with Gasteiger partial charge in [-0.05, 0) is 0 Å². The van der Waals surface area contributed by atoms with Crippen molar-refractivity contribution in [2.24, 2.45) is 0 Å². The highest BCUT2D eigenvalue weighted by molar-refractivity contribution is 7.16. The van der Waals surface area contributed by atoms with Gasteiger partial charge >= 0.3 is 0 Å². The summed E-state index contributed by atoms with van der Waals surface area (Å²) in [7, 11) is 1.59. The van der Waals surface area contributed by atoms with Gasteiger partial charge in [0.05, 0.1) is 13.3 Å². The van der Waals surface area contributed by atoms with Crippen molar-refractivity contribution in [2.45, 2.75) is 6.92 Å². The first kappa shape index (κ1) is 8.18. The number of aromatic nitrogens is 3. The number of nitrogens with zero attached hydrogens (tertiary/aromatic N) is 3. The molecule has 0 saturated heterocycles. The molecule has 5 nitrogen and oxygen atoms in total. The molecule has 6 heteroatoms. The van der Waals surface area contributed by atoms with E-state index in [1.165, 1.54) is 11.3 Å². The predicted octanol–water partition coefficient (Wildman–Crippen LogP) is 1.51. The van der Waals surface area contributed by atoms with Crippen molar-refractivity contribution >= 4 is 11.3 Å². The van der Waals surface area contributed by atoms with Gasteiger partial charge in [0.2, 0.25) is 5.89 Å². The minimum absolute atomic E-state index is 0.436. The van der Waals surface area contributed by atoms with Crippen molar-refractivity contribution in [1.82, 2.24) is 15.2 Å². The van der Waals surface area contributed by atoms with Crippen LogP contribution in [-0.2, 0) is 0 Å². The van der Waals surface area contributed by atoms with Crippen LogP contribution in [0.5, 0.6) is 5.06 Å². The normalized spacial score (nSPS) is 10.3. The predicted molar refractivity (Wildman–Crippen MR) is 46.7 cm³/mol. The highest BCUT2D eigenvalue weighted by atomic mass is 32.1. The number of rotatable bonds is 2. The second-order valence-corrected chi connectivity index (χ2v) is 3.31. The summed E-state index contributed by atoms with van der Waals surface area (Å²) in [6.07, 6.45) is 1.62. The Balaban J connectivity index is 2.35. The largest absolute Gasteiger partial charge is 0.486 e. The van der Waals surface area contributed by atoms with Crippen molar-refractivity contribution in [3.63, 3.8) is 0 Å². The van der Waals surface area contributed by atoms with E-state index in [-0.39, 0.29) is 0 Å². The van der Waals surface area contributed by atoms with E-state index in [2.05, 4.69) is 15.2 Å². The van der Waals surface area contributed by atoms with Gasteiger partial charge in [-0.15, -0.1) is 10.2 Å². The fourth-order valence-corrected chi connectivity index (χ4v) is 1.49. The van der Waals surface area contributed by atoms with Crippen LogP contribution in [0.4, 0.5) is 0 Å². The van der Waals surface area contributed by atoms with E-state index in [1.54, 1.807) is 20.2 Å². The Hall–Kier alpha value is -1.43. The third-order valence-corrected chi connectivity index (χ3v) is 2.34. The first-order chi connectivity index (χ1) is 6.29. The van der Waals surface area contributed by atoms with Gasteiger partial charge in [0, 0.05) is 6.92 Å². The van der Waals surface area contributed by atoms with Crippen LogP contribution in [0.2, 0.25) is 0 Å². The van der Waals surface area contributed by atoms with Crippen LogP contribution in [0.15, 0.2) is 10.6 Å². The summed E-state index contributed by atoms with van der Waals surface area (Å²) in [5.74, 6) is 0.968. The SMILES string of the molecule is COc1cnc(-c2nnc(C)o2)s1. The second kappa shape index (κ2) is 3.14. The van der Waals surface area contributed by atoms with E-state index >= 15 is 0 Å². The molecule has 2 rings (SSSR count). The molecule has 0 spiro atoms. The Morgan fingerprint density at radius 1 is 1.46 bits per heavy atom. The van der Waals surface area contributed by atoms with E-state index in [0.717, 1.165) is 5.06 Å². The second-order valence-electron chi connectivity index (χ2n) is 2.31. The average molecular weight is 197 g/mol. The third kappa shape index (κ3) is 1.52. The summed E-state index contributed by atoms with van der Waals surface area (Å²) >= 11 is 1.37. The molecule has 0 amide bonds. The Morgan fingerprint density at radius 3 is 2.85 bits per heavy atom. The molecule has 68 valence electrons. The standard InChI is InChI=1S/C7H7N3O2S/c1-4-9-10-6(12-4)7-8-3-5(11-2)13-7/h3H,1-2H3. The fraction of sp³-hybridized carbons (Fsp3) is 0.286. The van der Waals surface area contributed by atoms with Crippen molar-refractivity contribution in [1.29, 1.82) is 0 Å². The Morgan fingerprint density at radius 2 is 2.31 bits per heavy atom. The van der Waals surface area contributed by atoms with Crippen molar-refractivity contribution in [3.8, 4) is 16.0 Å². The lowest BCUT2D eigenvalue weighted by molar-refractivity contribution is 0.426. The summed E-state index contributed by atoms with van der Waals surface area (Å²) in [4.78, 5) is 4.07. The number of methoxy groups -OCH3 is 1. The lowest BCUT2D eigenvalue weighted by Crippen LogP contribution is -1.73. The number of ether oxygens (including phenoxy) is 1. The van der Waals surface area contributed by atoms with Crippen molar-refractivity contribution in [2.75, 3.05) is 7.11 Å². The van der Waals surface area contributed by atoms with Crippen LogP contribution in [0.1, 0.15) is 5.89 Å². The van der Waals surface area contributed by atoms with Crippen LogP contribution in [-0.4, -0.2) is 22.3 Å². The Labute approximate surface area is 78.4 Å². The van der Waals surface area contributed by atoms with Gasteiger partial charge < -0.3 is 9.15 Å². The molecule has 0 aliphatic carbocycles. The summed E-state index contributed by atoms with van der Waals surface area (Å²) in [5.41, 5.74) is 0. The average Bonchev–Trinajstić information content (AvgIpc) is 2.71. The molecular formula is C7H7N3O2S. The Bertz CT molecular complexity index is 409. The molecule has 0 N–H and O–H groups in total. The molecule has 0 aliphatic heterocycles. The molecule has 0 bridgehead atoms. The maximum atomic E-state index is 5.20. The van der Waals surface area contributed by atoms with E-state index in [1.807, 2.05) is 0 Å². The molecule has 0 saturated carbocycles. The van der Waals surface area contributed by atoms with Crippen molar-refractivity contribution in [3.05, 3.63) is 12.1 Å². The molecule has 2 heterocycles. The van der Waals surface area contributed by atoms with Gasteiger partial charge in [-0.3, -0.25) is 0 Å². The van der Waals surface area contributed by atoms with Gasteiger partial charge in [-0.1, -0.05) is 11.3 Å². The number of hydrogen-bond acceptors (Lipinski definition) is 6. The monoisotopic (exact) mass is 197 g/mol. The maximum Gasteiger partial charge on any atom is 0.276 e. The fourth-order valence-electron chi connectivity index (χ4n) is 0.836. The zero-order valence-electron chi connectivity index (χ0n) is 7.14. The number of thiazole rings is 1. The van der Waals surface area contributed by atoms with Crippen LogP contribution < -0.4 is 4.74 Å². The molecule has 0 atom stereocenters. The maximum absolute atomic E-state index is 5.20.